The van der Waals surface area contributed by atoms with Gasteiger partial charge in [0.25, 0.3) is 0 Å². The Hall–Kier alpha value is -1.46. The predicted octanol–water partition coefficient (Wildman–Crippen LogP) is 2.18. The number of hydrogen-bond donors (Lipinski definition) is 1. The first-order valence-corrected chi connectivity index (χ1v) is 6.37. The van der Waals surface area contributed by atoms with Crippen LogP contribution in [0.1, 0.15) is 23.9 Å². The molecule has 0 aliphatic rings. The lowest BCUT2D eigenvalue weighted by molar-refractivity contribution is 0.622. The predicted molar refractivity (Wildman–Crippen MR) is 75.8 cm³/mol. The van der Waals surface area contributed by atoms with Gasteiger partial charge in [0.05, 0.1) is 12.2 Å². The summed E-state index contributed by atoms with van der Waals surface area (Å²) in [7, 11) is 0. The molecule has 0 aliphatic heterocycles. The highest BCUT2D eigenvalue weighted by molar-refractivity contribution is 7.80. The Morgan fingerprint density at radius 1 is 1.44 bits per heavy atom. The molecule has 2 rings (SSSR count). The first kappa shape index (κ1) is 13.0. The van der Waals surface area contributed by atoms with Gasteiger partial charge in [0, 0.05) is 5.02 Å². The fourth-order valence-electron chi connectivity index (χ4n) is 1.79. The van der Waals surface area contributed by atoms with E-state index in [0.29, 0.717) is 17.3 Å². The monoisotopic (exact) mass is 280 g/mol. The highest BCUT2D eigenvalue weighted by atomic mass is 35.5. The maximum Gasteiger partial charge on any atom is 0.143 e. The molecule has 0 radical (unpaired) electrons. The third-order valence-electron chi connectivity index (χ3n) is 2.68. The van der Waals surface area contributed by atoms with E-state index in [4.69, 9.17) is 29.6 Å². The molecule has 0 atom stereocenters. The van der Waals surface area contributed by atoms with Crippen LogP contribution in [0.2, 0.25) is 5.02 Å². The molecule has 2 aromatic rings. The number of hydrogen-bond acceptors (Lipinski definition) is 3. The number of benzene rings is 1. The fraction of sp³-hybridized carbons (Fsp3) is 0.250. The molecule has 6 heteroatoms. The SMILES string of the molecule is CCc1c(C(N)=S)nnn1Cc1ccccc1Cl. The van der Waals surface area contributed by atoms with Gasteiger partial charge in [-0.05, 0) is 18.1 Å². The van der Waals surface area contributed by atoms with Crippen LogP contribution in [0.5, 0.6) is 0 Å². The van der Waals surface area contributed by atoms with E-state index >= 15 is 0 Å². The summed E-state index contributed by atoms with van der Waals surface area (Å²) in [6.45, 7) is 2.59. The van der Waals surface area contributed by atoms with E-state index in [1.807, 2.05) is 31.2 Å². The van der Waals surface area contributed by atoms with Crippen molar-refractivity contribution in [2.75, 3.05) is 0 Å². The summed E-state index contributed by atoms with van der Waals surface area (Å²) in [5.41, 5.74) is 8.14. The zero-order chi connectivity index (χ0) is 13.1. The molecule has 1 heterocycles. The summed E-state index contributed by atoms with van der Waals surface area (Å²) in [6.07, 6.45) is 0.768. The highest BCUT2D eigenvalue weighted by Crippen LogP contribution is 2.17. The molecule has 0 bridgehead atoms. The van der Waals surface area contributed by atoms with Crippen molar-refractivity contribution in [1.82, 2.24) is 15.0 Å². The third-order valence-corrected chi connectivity index (χ3v) is 3.25. The van der Waals surface area contributed by atoms with Gasteiger partial charge < -0.3 is 5.73 Å². The normalized spacial score (nSPS) is 10.6. The van der Waals surface area contributed by atoms with Crippen molar-refractivity contribution in [2.45, 2.75) is 19.9 Å². The van der Waals surface area contributed by atoms with Crippen LogP contribution < -0.4 is 5.73 Å². The zero-order valence-electron chi connectivity index (χ0n) is 9.93. The molecule has 0 saturated heterocycles. The van der Waals surface area contributed by atoms with Gasteiger partial charge in [0.15, 0.2) is 0 Å². The van der Waals surface area contributed by atoms with Crippen LogP contribution in [0.25, 0.3) is 0 Å². The van der Waals surface area contributed by atoms with E-state index in [2.05, 4.69) is 10.3 Å². The summed E-state index contributed by atoms with van der Waals surface area (Å²) in [4.78, 5) is 0.275. The van der Waals surface area contributed by atoms with E-state index in [1.165, 1.54) is 0 Å². The van der Waals surface area contributed by atoms with E-state index in [0.717, 1.165) is 17.7 Å². The number of halogens is 1. The average Bonchev–Trinajstić information content (AvgIpc) is 2.75. The van der Waals surface area contributed by atoms with Gasteiger partial charge in [-0.1, -0.05) is 54.2 Å². The molecule has 0 fully saturated rings. The lowest BCUT2D eigenvalue weighted by atomic mass is 10.2. The van der Waals surface area contributed by atoms with Gasteiger partial charge in [-0.15, -0.1) is 5.10 Å². The number of nitrogens with two attached hydrogens (primary N) is 1. The van der Waals surface area contributed by atoms with Crippen molar-refractivity contribution in [3.05, 3.63) is 46.2 Å². The number of rotatable bonds is 4. The van der Waals surface area contributed by atoms with Crippen molar-refractivity contribution in [3.8, 4) is 0 Å². The van der Waals surface area contributed by atoms with Crippen molar-refractivity contribution in [3.63, 3.8) is 0 Å². The Morgan fingerprint density at radius 3 is 2.78 bits per heavy atom. The molecule has 0 aliphatic carbocycles. The average molecular weight is 281 g/mol. The smallest absolute Gasteiger partial charge is 0.143 e. The van der Waals surface area contributed by atoms with Crippen LogP contribution in [-0.2, 0) is 13.0 Å². The first-order valence-electron chi connectivity index (χ1n) is 5.59. The van der Waals surface area contributed by atoms with Crippen molar-refractivity contribution in [2.24, 2.45) is 5.73 Å². The van der Waals surface area contributed by atoms with Crippen LogP contribution in [0.15, 0.2) is 24.3 Å². The van der Waals surface area contributed by atoms with Gasteiger partial charge in [-0.2, -0.15) is 0 Å². The summed E-state index contributed by atoms with van der Waals surface area (Å²) >= 11 is 11.1. The Morgan fingerprint density at radius 2 is 2.17 bits per heavy atom. The van der Waals surface area contributed by atoms with E-state index in [1.54, 1.807) is 4.68 Å². The molecule has 0 amide bonds. The van der Waals surface area contributed by atoms with Crippen LogP contribution >= 0.6 is 23.8 Å². The van der Waals surface area contributed by atoms with Crippen molar-refractivity contribution < 1.29 is 0 Å². The summed E-state index contributed by atoms with van der Waals surface area (Å²) in [6, 6.07) is 7.66. The lowest BCUT2D eigenvalue weighted by Crippen LogP contribution is -2.14. The van der Waals surface area contributed by atoms with Crippen molar-refractivity contribution in [1.29, 1.82) is 0 Å². The molecular weight excluding hydrogens is 268 g/mol. The van der Waals surface area contributed by atoms with Gasteiger partial charge in [0.2, 0.25) is 0 Å². The summed E-state index contributed by atoms with van der Waals surface area (Å²) < 4.78 is 1.79. The second-order valence-corrected chi connectivity index (χ2v) is 4.70. The minimum atomic E-state index is 0.275. The Labute approximate surface area is 116 Å². The quantitative estimate of drug-likeness (QED) is 0.872. The molecule has 0 spiro atoms. The molecule has 0 saturated carbocycles. The third kappa shape index (κ3) is 2.52. The van der Waals surface area contributed by atoms with Crippen LogP contribution in [-0.4, -0.2) is 20.0 Å². The van der Waals surface area contributed by atoms with E-state index in [-0.39, 0.29) is 4.99 Å². The summed E-state index contributed by atoms with van der Waals surface area (Å²) in [5.74, 6) is 0. The minimum absolute atomic E-state index is 0.275. The fourth-order valence-corrected chi connectivity index (χ4v) is 2.14. The molecule has 0 unspecified atom stereocenters. The number of aromatic nitrogens is 3. The molecule has 4 nitrogen and oxygen atoms in total. The van der Waals surface area contributed by atoms with Gasteiger partial charge in [-0.3, -0.25) is 0 Å². The Balaban J connectivity index is 2.35. The lowest BCUT2D eigenvalue weighted by Gasteiger charge is -2.07. The number of thiocarbonyl (C=S) groups is 1. The second-order valence-electron chi connectivity index (χ2n) is 3.85. The van der Waals surface area contributed by atoms with Gasteiger partial charge in [-0.25, -0.2) is 4.68 Å². The molecule has 1 aromatic carbocycles. The molecule has 94 valence electrons. The zero-order valence-corrected chi connectivity index (χ0v) is 11.5. The van der Waals surface area contributed by atoms with Crippen LogP contribution in [0, 0.1) is 0 Å². The van der Waals surface area contributed by atoms with Gasteiger partial charge >= 0.3 is 0 Å². The van der Waals surface area contributed by atoms with E-state index < -0.39 is 0 Å². The van der Waals surface area contributed by atoms with E-state index in [9.17, 15) is 0 Å². The molecule has 18 heavy (non-hydrogen) atoms. The highest BCUT2D eigenvalue weighted by Gasteiger charge is 2.14. The standard InChI is InChI=1S/C12H13ClN4S/c1-2-10-11(12(14)18)15-16-17(10)7-8-5-3-4-6-9(8)13/h3-6H,2,7H2,1H3,(H2,14,18). The second kappa shape index (κ2) is 5.46. The molecule has 2 N–H and O–H groups in total. The topological polar surface area (TPSA) is 56.7 Å². The first-order chi connectivity index (χ1) is 8.63. The Bertz CT molecular complexity index is 579. The van der Waals surface area contributed by atoms with Crippen LogP contribution in [0.3, 0.4) is 0 Å². The molecular formula is C12H13ClN4S. The van der Waals surface area contributed by atoms with Gasteiger partial charge in [0.1, 0.15) is 10.7 Å². The minimum Gasteiger partial charge on any atom is -0.388 e. The molecule has 1 aromatic heterocycles. The number of nitrogens with zero attached hydrogens (tertiary/aromatic N) is 3. The maximum atomic E-state index is 6.13. The largest absolute Gasteiger partial charge is 0.388 e. The van der Waals surface area contributed by atoms with Crippen molar-refractivity contribution >= 4 is 28.8 Å². The Kier molecular flexibility index (Phi) is 3.93. The van der Waals surface area contributed by atoms with Crippen LogP contribution in [0.4, 0.5) is 0 Å². The summed E-state index contributed by atoms with van der Waals surface area (Å²) in [5, 5.41) is 8.82. The maximum absolute atomic E-state index is 6.13.